The van der Waals surface area contributed by atoms with Crippen molar-refractivity contribution in [1.82, 2.24) is 20.0 Å². The number of morpholine rings is 1. The number of likely N-dealkylation sites (tertiary alicyclic amines) is 1. The molecule has 3 aliphatic heterocycles. The fourth-order valence-corrected chi connectivity index (χ4v) is 3.30. The molecule has 0 unspecified atom stereocenters. The second kappa shape index (κ2) is 6.52. The summed E-state index contributed by atoms with van der Waals surface area (Å²) in [5.41, 5.74) is -0.519. The Morgan fingerprint density at radius 2 is 1.73 bits per heavy atom. The van der Waals surface area contributed by atoms with Gasteiger partial charge in [-0.3, -0.25) is 15.0 Å². The molecule has 2 saturated heterocycles. The molecule has 0 aromatic rings. The molecule has 0 aromatic carbocycles. The molecular formula is C15H27N5O2. The first kappa shape index (κ1) is 15.7. The Hall–Kier alpha value is -1.18. The van der Waals surface area contributed by atoms with Gasteiger partial charge in [0.2, 0.25) is 5.96 Å². The Kier molecular flexibility index (Phi) is 4.65. The minimum Gasteiger partial charge on any atom is -0.379 e. The van der Waals surface area contributed by atoms with Crippen molar-refractivity contribution in [2.75, 3.05) is 66.6 Å². The highest BCUT2D eigenvalue weighted by Crippen LogP contribution is 2.30. The van der Waals surface area contributed by atoms with E-state index in [-0.39, 0.29) is 5.91 Å². The van der Waals surface area contributed by atoms with Crippen LogP contribution in [0.25, 0.3) is 0 Å². The number of hydrogen-bond donors (Lipinski definition) is 1. The molecular weight excluding hydrogens is 282 g/mol. The number of amides is 1. The molecule has 3 aliphatic rings. The van der Waals surface area contributed by atoms with Gasteiger partial charge in [-0.05, 0) is 12.8 Å². The molecule has 0 atom stereocenters. The van der Waals surface area contributed by atoms with Crippen molar-refractivity contribution in [3.63, 3.8) is 0 Å². The van der Waals surface area contributed by atoms with E-state index >= 15 is 0 Å². The minimum atomic E-state index is -0.519. The van der Waals surface area contributed by atoms with Gasteiger partial charge in [-0.25, -0.2) is 4.99 Å². The van der Waals surface area contributed by atoms with Crippen LogP contribution in [-0.4, -0.2) is 98.7 Å². The lowest BCUT2D eigenvalue weighted by molar-refractivity contribution is -0.125. The Labute approximate surface area is 132 Å². The fraction of sp³-hybridized carbons (Fsp3) is 0.867. The van der Waals surface area contributed by atoms with E-state index in [1.165, 1.54) is 0 Å². The molecule has 22 heavy (non-hydrogen) atoms. The summed E-state index contributed by atoms with van der Waals surface area (Å²) in [6.07, 6.45) is 1.64. The summed E-state index contributed by atoms with van der Waals surface area (Å²) in [4.78, 5) is 23.7. The summed E-state index contributed by atoms with van der Waals surface area (Å²) in [6, 6.07) is 0. The van der Waals surface area contributed by atoms with Gasteiger partial charge in [-0.2, -0.15) is 0 Å². The van der Waals surface area contributed by atoms with E-state index in [1.54, 1.807) is 0 Å². The molecule has 1 spiro atoms. The summed E-state index contributed by atoms with van der Waals surface area (Å²) in [6.45, 7) is 7.84. The van der Waals surface area contributed by atoms with E-state index < -0.39 is 5.54 Å². The molecule has 0 saturated carbocycles. The molecule has 1 amide bonds. The number of hydrogen-bond acceptors (Lipinski definition) is 6. The molecule has 3 heterocycles. The van der Waals surface area contributed by atoms with Crippen molar-refractivity contribution < 1.29 is 9.53 Å². The normalized spacial score (nSPS) is 26.1. The van der Waals surface area contributed by atoms with Gasteiger partial charge in [0.15, 0.2) is 0 Å². The lowest BCUT2D eigenvalue weighted by atomic mass is 9.88. The van der Waals surface area contributed by atoms with E-state index in [0.29, 0.717) is 5.96 Å². The van der Waals surface area contributed by atoms with E-state index in [9.17, 15) is 4.79 Å². The number of carbonyl (C=O) groups excluding carboxylic acids is 1. The zero-order valence-electron chi connectivity index (χ0n) is 13.7. The summed E-state index contributed by atoms with van der Waals surface area (Å²) in [5.74, 6) is 0.774. The number of nitrogens with zero attached hydrogens (tertiary/aromatic N) is 4. The van der Waals surface area contributed by atoms with Crippen LogP contribution in [0.3, 0.4) is 0 Å². The van der Waals surface area contributed by atoms with Gasteiger partial charge >= 0.3 is 0 Å². The smallest absolute Gasteiger partial charge is 0.254 e. The van der Waals surface area contributed by atoms with Crippen molar-refractivity contribution in [2.45, 2.75) is 18.4 Å². The lowest BCUT2D eigenvalue weighted by Crippen LogP contribution is -2.51. The Morgan fingerprint density at radius 1 is 1.14 bits per heavy atom. The van der Waals surface area contributed by atoms with Crippen molar-refractivity contribution in [2.24, 2.45) is 4.99 Å². The monoisotopic (exact) mass is 309 g/mol. The van der Waals surface area contributed by atoms with E-state index in [4.69, 9.17) is 4.74 Å². The van der Waals surface area contributed by atoms with Gasteiger partial charge in [0.05, 0.1) is 13.2 Å². The van der Waals surface area contributed by atoms with Crippen molar-refractivity contribution in [3.8, 4) is 0 Å². The predicted octanol–water partition coefficient (Wildman–Crippen LogP) is -0.799. The summed E-state index contributed by atoms with van der Waals surface area (Å²) in [7, 11) is 3.82. The highest BCUT2D eigenvalue weighted by atomic mass is 16.5. The Bertz CT molecular complexity index is 437. The standard InChI is InChI=1S/C15H27N5O2/c1-18(2)14-16-13(21)15(17-14)3-5-19(6-4-15)7-8-20-9-11-22-12-10-20/h3-12H2,1-2H3,(H,16,17,21). The Morgan fingerprint density at radius 3 is 2.27 bits per heavy atom. The fourth-order valence-electron chi connectivity index (χ4n) is 3.30. The second-order valence-corrected chi connectivity index (χ2v) is 6.61. The molecule has 0 aromatic heterocycles. The van der Waals surface area contributed by atoms with Crippen LogP contribution in [0.1, 0.15) is 12.8 Å². The van der Waals surface area contributed by atoms with Gasteiger partial charge in [-0.15, -0.1) is 0 Å². The molecule has 2 fully saturated rings. The van der Waals surface area contributed by atoms with Gasteiger partial charge < -0.3 is 14.5 Å². The lowest BCUT2D eigenvalue weighted by Gasteiger charge is -2.36. The maximum absolute atomic E-state index is 12.3. The predicted molar refractivity (Wildman–Crippen MR) is 84.9 cm³/mol. The number of guanidine groups is 1. The van der Waals surface area contributed by atoms with Crippen LogP contribution in [0.2, 0.25) is 0 Å². The highest BCUT2D eigenvalue weighted by molar-refractivity contribution is 6.07. The first-order valence-electron chi connectivity index (χ1n) is 8.20. The molecule has 0 bridgehead atoms. The largest absolute Gasteiger partial charge is 0.379 e. The molecule has 1 N–H and O–H groups in total. The number of nitrogens with one attached hydrogen (secondary N) is 1. The number of aliphatic imine (C=N–C) groups is 1. The SMILES string of the molecule is CN(C)C1=NC2(CCN(CCN3CCOCC3)CC2)C(=O)N1. The third kappa shape index (κ3) is 3.26. The number of ether oxygens (including phenoxy) is 1. The summed E-state index contributed by atoms with van der Waals surface area (Å²) in [5, 5.41) is 2.91. The first-order valence-corrected chi connectivity index (χ1v) is 8.20. The maximum atomic E-state index is 12.3. The maximum Gasteiger partial charge on any atom is 0.254 e. The first-order chi connectivity index (χ1) is 10.6. The van der Waals surface area contributed by atoms with Crippen LogP contribution >= 0.6 is 0 Å². The van der Waals surface area contributed by atoms with E-state index in [2.05, 4.69) is 20.1 Å². The molecule has 0 aliphatic carbocycles. The van der Waals surface area contributed by atoms with Crippen LogP contribution < -0.4 is 5.32 Å². The quantitative estimate of drug-likeness (QED) is 0.740. The summed E-state index contributed by atoms with van der Waals surface area (Å²) < 4.78 is 5.38. The van der Waals surface area contributed by atoms with Crippen LogP contribution in [0.15, 0.2) is 4.99 Å². The van der Waals surface area contributed by atoms with Crippen LogP contribution in [0.5, 0.6) is 0 Å². The second-order valence-electron chi connectivity index (χ2n) is 6.61. The van der Waals surface area contributed by atoms with Gasteiger partial charge in [-0.1, -0.05) is 0 Å². The number of piperidine rings is 1. The van der Waals surface area contributed by atoms with Gasteiger partial charge in [0.25, 0.3) is 5.91 Å². The number of rotatable bonds is 3. The van der Waals surface area contributed by atoms with E-state index in [0.717, 1.165) is 65.3 Å². The van der Waals surface area contributed by atoms with E-state index in [1.807, 2.05) is 19.0 Å². The van der Waals surface area contributed by atoms with Gasteiger partial charge in [0, 0.05) is 53.4 Å². The van der Waals surface area contributed by atoms with Crippen LogP contribution in [0.4, 0.5) is 0 Å². The minimum absolute atomic E-state index is 0.0732. The zero-order valence-corrected chi connectivity index (χ0v) is 13.7. The molecule has 124 valence electrons. The molecule has 3 rings (SSSR count). The molecule has 7 heteroatoms. The van der Waals surface area contributed by atoms with Crippen molar-refractivity contribution >= 4 is 11.9 Å². The zero-order chi connectivity index (χ0) is 15.6. The third-order valence-corrected chi connectivity index (χ3v) is 4.91. The third-order valence-electron chi connectivity index (χ3n) is 4.91. The molecule has 0 radical (unpaired) electrons. The molecule has 7 nitrogen and oxygen atoms in total. The number of carbonyl (C=O) groups is 1. The average Bonchev–Trinajstić information content (AvgIpc) is 2.85. The van der Waals surface area contributed by atoms with Crippen LogP contribution in [0, 0.1) is 0 Å². The van der Waals surface area contributed by atoms with Gasteiger partial charge in [0.1, 0.15) is 5.54 Å². The average molecular weight is 309 g/mol. The Balaban J connectivity index is 1.49. The topological polar surface area (TPSA) is 60.4 Å². The highest BCUT2D eigenvalue weighted by Gasteiger charge is 2.46. The summed E-state index contributed by atoms with van der Waals surface area (Å²) >= 11 is 0. The van der Waals surface area contributed by atoms with Crippen molar-refractivity contribution in [1.29, 1.82) is 0 Å². The van der Waals surface area contributed by atoms with Crippen molar-refractivity contribution in [3.05, 3.63) is 0 Å². The van der Waals surface area contributed by atoms with Crippen LogP contribution in [-0.2, 0) is 9.53 Å².